The maximum absolute atomic E-state index is 11.9. The van der Waals surface area contributed by atoms with Crippen LogP contribution in [0.5, 0.6) is 0 Å². The van der Waals surface area contributed by atoms with E-state index in [1.54, 1.807) is 4.90 Å². The average molecular weight is 267 g/mol. The number of carbonyl (C=O) groups is 2. The lowest BCUT2D eigenvalue weighted by Gasteiger charge is -2.28. The van der Waals surface area contributed by atoms with E-state index in [0.29, 0.717) is 25.6 Å². The highest BCUT2D eigenvalue weighted by molar-refractivity contribution is 6.35. The molecule has 0 bridgehead atoms. The Bertz CT molecular complexity index is 319. The van der Waals surface area contributed by atoms with Gasteiger partial charge in [0.1, 0.15) is 0 Å². The van der Waals surface area contributed by atoms with Gasteiger partial charge in [-0.2, -0.15) is 0 Å². The van der Waals surface area contributed by atoms with Crippen LogP contribution in [0.2, 0.25) is 0 Å². The lowest BCUT2D eigenvalue weighted by Crippen LogP contribution is -2.51. The number of amides is 2. The highest BCUT2D eigenvalue weighted by Crippen LogP contribution is 2.27. The smallest absolute Gasteiger partial charge is 0.311 e. The molecule has 0 aromatic rings. The molecular formula is C14H25N3O2. The van der Waals surface area contributed by atoms with Gasteiger partial charge in [0.25, 0.3) is 0 Å². The van der Waals surface area contributed by atoms with Gasteiger partial charge >= 0.3 is 11.8 Å². The Kier molecular flexibility index (Phi) is 5.19. The van der Waals surface area contributed by atoms with Crippen molar-refractivity contribution in [1.82, 2.24) is 15.5 Å². The van der Waals surface area contributed by atoms with Crippen molar-refractivity contribution >= 4 is 11.8 Å². The van der Waals surface area contributed by atoms with Gasteiger partial charge in [-0.15, -0.1) is 0 Å². The van der Waals surface area contributed by atoms with E-state index in [0.717, 1.165) is 19.0 Å². The molecule has 2 fully saturated rings. The lowest BCUT2D eigenvalue weighted by molar-refractivity contribution is -0.146. The molecule has 5 nitrogen and oxygen atoms in total. The third-order valence-corrected chi connectivity index (χ3v) is 4.29. The van der Waals surface area contributed by atoms with E-state index in [-0.39, 0.29) is 5.91 Å². The molecule has 0 aromatic carbocycles. The number of rotatable bonds is 2. The summed E-state index contributed by atoms with van der Waals surface area (Å²) in [5.41, 5.74) is 0. The monoisotopic (exact) mass is 267 g/mol. The first-order valence-electron chi connectivity index (χ1n) is 7.44. The molecule has 1 aliphatic carbocycles. The Morgan fingerprint density at radius 3 is 2.42 bits per heavy atom. The zero-order valence-corrected chi connectivity index (χ0v) is 11.8. The van der Waals surface area contributed by atoms with E-state index in [9.17, 15) is 9.59 Å². The topological polar surface area (TPSA) is 61.4 Å². The van der Waals surface area contributed by atoms with Crippen LogP contribution in [0.25, 0.3) is 0 Å². The number of piperazine rings is 1. The third-order valence-electron chi connectivity index (χ3n) is 4.29. The second kappa shape index (κ2) is 6.89. The summed E-state index contributed by atoms with van der Waals surface area (Å²) < 4.78 is 0. The van der Waals surface area contributed by atoms with Crippen molar-refractivity contribution < 1.29 is 9.59 Å². The molecule has 2 aliphatic rings. The van der Waals surface area contributed by atoms with Gasteiger partial charge in [0.15, 0.2) is 0 Å². The largest absolute Gasteiger partial charge is 0.348 e. The van der Waals surface area contributed by atoms with Crippen LogP contribution in [0.1, 0.15) is 32.6 Å². The molecule has 1 aliphatic heterocycles. The first-order valence-corrected chi connectivity index (χ1v) is 7.44. The fourth-order valence-corrected chi connectivity index (χ4v) is 2.86. The fraction of sp³-hybridized carbons (Fsp3) is 0.857. The molecule has 2 amide bonds. The van der Waals surface area contributed by atoms with E-state index in [4.69, 9.17) is 0 Å². The van der Waals surface area contributed by atoms with Gasteiger partial charge in [0.2, 0.25) is 0 Å². The van der Waals surface area contributed by atoms with Gasteiger partial charge in [-0.1, -0.05) is 19.8 Å². The van der Waals surface area contributed by atoms with E-state index in [1.807, 2.05) is 0 Å². The second-order valence-electron chi connectivity index (χ2n) is 5.88. The van der Waals surface area contributed by atoms with Crippen LogP contribution >= 0.6 is 0 Å². The van der Waals surface area contributed by atoms with Crippen LogP contribution in [0.3, 0.4) is 0 Å². The Hall–Kier alpha value is -1.10. The average Bonchev–Trinajstić information content (AvgIpc) is 2.46. The molecule has 0 radical (unpaired) electrons. The molecule has 2 N–H and O–H groups in total. The summed E-state index contributed by atoms with van der Waals surface area (Å²) in [5.74, 6) is 0.566. The Labute approximate surface area is 115 Å². The van der Waals surface area contributed by atoms with Gasteiger partial charge < -0.3 is 15.5 Å². The molecule has 0 unspecified atom stereocenters. The van der Waals surface area contributed by atoms with Crippen LogP contribution in [0.4, 0.5) is 0 Å². The second-order valence-corrected chi connectivity index (χ2v) is 5.88. The highest BCUT2D eigenvalue weighted by Gasteiger charge is 2.24. The number of nitrogens with zero attached hydrogens (tertiary/aromatic N) is 1. The van der Waals surface area contributed by atoms with Crippen molar-refractivity contribution in [1.29, 1.82) is 0 Å². The van der Waals surface area contributed by atoms with E-state index in [2.05, 4.69) is 17.6 Å². The summed E-state index contributed by atoms with van der Waals surface area (Å²) in [7, 11) is 0. The summed E-state index contributed by atoms with van der Waals surface area (Å²) in [4.78, 5) is 25.4. The number of nitrogens with one attached hydrogen (secondary N) is 2. The number of hydrogen-bond acceptors (Lipinski definition) is 3. The van der Waals surface area contributed by atoms with Gasteiger partial charge in [-0.05, 0) is 24.7 Å². The Morgan fingerprint density at radius 2 is 1.79 bits per heavy atom. The summed E-state index contributed by atoms with van der Waals surface area (Å²) in [5, 5.41) is 5.98. The predicted molar refractivity (Wildman–Crippen MR) is 73.6 cm³/mol. The first kappa shape index (κ1) is 14.3. The third kappa shape index (κ3) is 4.20. The van der Waals surface area contributed by atoms with Crippen molar-refractivity contribution in [3.8, 4) is 0 Å². The molecule has 2 rings (SSSR count). The van der Waals surface area contributed by atoms with Crippen LogP contribution in [-0.2, 0) is 9.59 Å². The highest BCUT2D eigenvalue weighted by atomic mass is 16.2. The maximum Gasteiger partial charge on any atom is 0.311 e. The molecule has 0 aromatic heterocycles. The van der Waals surface area contributed by atoms with Crippen molar-refractivity contribution in [2.45, 2.75) is 32.6 Å². The molecule has 1 heterocycles. The quantitative estimate of drug-likeness (QED) is 0.710. The fourth-order valence-electron chi connectivity index (χ4n) is 2.86. The van der Waals surface area contributed by atoms with Crippen LogP contribution in [-0.4, -0.2) is 49.4 Å². The summed E-state index contributed by atoms with van der Waals surface area (Å²) in [6.45, 7) is 5.76. The van der Waals surface area contributed by atoms with Gasteiger partial charge in [0.05, 0.1) is 0 Å². The summed E-state index contributed by atoms with van der Waals surface area (Å²) in [6, 6.07) is 0. The standard InChI is InChI=1S/C14H25N3O2/c1-11-2-4-12(5-3-11)10-16-13(18)14(19)17-8-6-15-7-9-17/h11-12,15H,2-10H2,1H3,(H,16,18). The SMILES string of the molecule is CC1CCC(CNC(=O)C(=O)N2CCNCC2)CC1. The predicted octanol–water partition coefficient (Wildman–Crippen LogP) is 0.361. The minimum absolute atomic E-state index is 0.370. The minimum Gasteiger partial charge on any atom is -0.348 e. The van der Waals surface area contributed by atoms with Gasteiger partial charge in [0, 0.05) is 32.7 Å². The summed E-state index contributed by atoms with van der Waals surface area (Å²) in [6.07, 6.45) is 4.82. The molecule has 108 valence electrons. The van der Waals surface area contributed by atoms with Crippen LogP contribution < -0.4 is 10.6 Å². The maximum atomic E-state index is 11.9. The molecule has 1 saturated carbocycles. The Morgan fingerprint density at radius 1 is 1.16 bits per heavy atom. The van der Waals surface area contributed by atoms with E-state index in [1.165, 1.54) is 25.7 Å². The molecule has 0 atom stereocenters. The zero-order chi connectivity index (χ0) is 13.7. The van der Waals surface area contributed by atoms with Crippen LogP contribution in [0.15, 0.2) is 0 Å². The molecule has 19 heavy (non-hydrogen) atoms. The molecule has 1 saturated heterocycles. The number of hydrogen-bond donors (Lipinski definition) is 2. The zero-order valence-electron chi connectivity index (χ0n) is 11.8. The lowest BCUT2D eigenvalue weighted by atomic mass is 9.83. The Balaban J connectivity index is 1.70. The van der Waals surface area contributed by atoms with Crippen molar-refractivity contribution in [3.05, 3.63) is 0 Å². The van der Waals surface area contributed by atoms with Gasteiger partial charge in [-0.3, -0.25) is 9.59 Å². The van der Waals surface area contributed by atoms with Gasteiger partial charge in [-0.25, -0.2) is 0 Å². The number of carbonyl (C=O) groups excluding carboxylic acids is 2. The molecule has 0 spiro atoms. The van der Waals surface area contributed by atoms with Crippen molar-refractivity contribution in [3.63, 3.8) is 0 Å². The molecular weight excluding hydrogens is 242 g/mol. The van der Waals surface area contributed by atoms with Crippen molar-refractivity contribution in [2.24, 2.45) is 11.8 Å². The normalized spacial score (nSPS) is 27.9. The summed E-state index contributed by atoms with van der Waals surface area (Å²) >= 11 is 0. The minimum atomic E-state index is -0.430. The van der Waals surface area contributed by atoms with E-state index < -0.39 is 5.91 Å². The van der Waals surface area contributed by atoms with E-state index >= 15 is 0 Å². The van der Waals surface area contributed by atoms with Crippen LogP contribution in [0, 0.1) is 11.8 Å². The molecule has 5 heteroatoms. The van der Waals surface area contributed by atoms with Crippen molar-refractivity contribution in [2.75, 3.05) is 32.7 Å². The first-order chi connectivity index (χ1) is 9.16.